The van der Waals surface area contributed by atoms with E-state index in [2.05, 4.69) is 5.32 Å². The molecule has 0 bridgehead atoms. The Balaban J connectivity index is 1.97. The molecule has 2 fully saturated rings. The monoisotopic (exact) mass is 125 g/mol. The van der Waals surface area contributed by atoms with Crippen LogP contribution in [0.2, 0.25) is 0 Å². The predicted molar refractivity (Wildman–Crippen MR) is 38.3 cm³/mol. The van der Waals surface area contributed by atoms with Crippen molar-refractivity contribution >= 4 is 0 Å². The number of piperidine rings is 1. The van der Waals surface area contributed by atoms with Crippen LogP contribution in [-0.2, 0) is 0 Å². The molecule has 1 saturated heterocycles. The third-order valence-electron chi connectivity index (χ3n) is 2.91. The van der Waals surface area contributed by atoms with Gasteiger partial charge in [0.25, 0.3) is 0 Å². The van der Waals surface area contributed by atoms with Gasteiger partial charge in [0.2, 0.25) is 0 Å². The summed E-state index contributed by atoms with van der Waals surface area (Å²) in [5.74, 6) is 2.16. The van der Waals surface area contributed by atoms with Gasteiger partial charge < -0.3 is 5.32 Å². The van der Waals surface area contributed by atoms with Crippen molar-refractivity contribution in [3.05, 3.63) is 0 Å². The van der Waals surface area contributed by atoms with Crippen molar-refractivity contribution in [2.45, 2.75) is 25.7 Å². The zero-order chi connectivity index (χ0) is 6.10. The van der Waals surface area contributed by atoms with E-state index in [1.54, 1.807) is 0 Å². The Morgan fingerprint density at radius 1 is 1.00 bits per heavy atom. The predicted octanol–water partition coefficient (Wildman–Crippen LogP) is 1.40. The Bertz CT molecular complexity index is 88.7. The maximum atomic E-state index is 3.46. The number of fused-ring (bicyclic) bond motifs is 1. The van der Waals surface area contributed by atoms with Gasteiger partial charge in [-0.3, -0.25) is 0 Å². The second-order valence-corrected chi connectivity index (χ2v) is 3.44. The molecule has 0 aromatic heterocycles. The van der Waals surface area contributed by atoms with Crippen molar-refractivity contribution in [3.63, 3.8) is 0 Å². The Labute approximate surface area is 56.8 Å². The first-order chi connectivity index (χ1) is 4.47. The molecule has 1 heteroatoms. The summed E-state index contributed by atoms with van der Waals surface area (Å²) in [6.07, 6.45) is 5.96. The SMILES string of the molecule is C1C[C@@H]2CCNC[C@H]2C1. The van der Waals surface area contributed by atoms with Crippen LogP contribution in [0, 0.1) is 11.8 Å². The van der Waals surface area contributed by atoms with E-state index in [0.717, 1.165) is 11.8 Å². The molecule has 0 aromatic rings. The lowest BCUT2D eigenvalue weighted by atomic mass is 9.90. The van der Waals surface area contributed by atoms with Crippen molar-refractivity contribution in [2.75, 3.05) is 13.1 Å². The quantitative estimate of drug-likeness (QED) is 0.516. The van der Waals surface area contributed by atoms with Gasteiger partial charge in [0.1, 0.15) is 0 Å². The number of hydrogen-bond donors (Lipinski definition) is 1. The van der Waals surface area contributed by atoms with Gasteiger partial charge in [0.05, 0.1) is 0 Å². The molecule has 0 amide bonds. The summed E-state index contributed by atoms with van der Waals surface area (Å²) in [6, 6.07) is 0. The van der Waals surface area contributed by atoms with Crippen LogP contribution in [0.25, 0.3) is 0 Å². The number of rotatable bonds is 0. The number of hydrogen-bond acceptors (Lipinski definition) is 1. The first-order valence-electron chi connectivity index (χ1n) is 4.17. The molecule has 52 valence electrons. The van der Waals surface area contributed by atoms with Gasteiger partial charge >= 0.3 is 0 Å². The topological polar surface area (TPSA) is 12.0 Å². The molecule has 0 unspecified atom stereocenters. The van der Waals surface area contributed by atoms with Crippen LogP contribution in [-0.4, -0.2) is 13.1 Å². The summed E-state index contributed by atoms with van der Waals surface area (Å²) in [6.45, 7) is 2.59. The minimum atomic E-state index is 1.05. The summed E-state index contributed by atoms with van der Waals surface area (Å²) < 4.78 is 0. The average Bonchev–Trinajstić information content (AvgIpc) is 2.33. The van der Waals surface area contributed by atoms with Crippen LogP contribution in [0.1, 0.15) is 25.7 Å². The minimum absolute atomic E-state index is 1.05. The lowest BCUT2D eigenvalue weighted by Crippen LogP contribution is -2.33. The molecular formula is C8H15N. The lowest BCUT2D eigenvalue weighted by molar-refractivity contribution is 0.295. The summed E-state index contributed by atoms with van der Waals surface area (Å²) in [7, 11) is 0. The Hall–Kier alpha value is -0.0400. The smallest absolute Gasteiger partial charge is 0.00179 e. The lowest BCUT2D eigenvalue weighted by Gasteiger charge is -2.25. The second kappa shape index (κ2) is 2.30. The molecule has 1 aliphatic heterocycles. The number of nitrogens with one attached hydrogen (secondary N) is 1. The summed E-state index contributed by atoms with van der Waals surface area (Å²) >= 11 is 0. The summed E-state index contributed by atoms with van der Waals surface area (Å²) in [4.78, 5) is 0. The van der Waals surface area contributed by atoms with Gasteiger partial charge in [0.15, 0.2) is 0 Å². The molecule has 2 rings (SSSR count). The van der Waals surface area contributed by atoms with Crippen LogP contribution in [0.4, 0.5) is 0 Å². The molecule has 9 heavy (non-hydrogen) atoms. The Morgan fingerprint density at radius 2 is 1.89 bits per heavy atom. The van der Waals surface area contributed by atoms with Crippen LogP contribution >= 0.6 is 0 Å². The summed E-state index contributed by atoms with van der Waals surface area (Å²) in [5, 5.41) is 3.46. The molecule has 1 nitrogen and oxygen atoms in total. The van der Waals surface area contributed by atoms with Gasteiger partial charge in [-0.2, -0.15) is 0 Å². The van der Waals surface area contributed by atoms with Crippen molar-refractivity contribution < 1.29 is 0 Å². The molecule has 1 saturated carbocycles. The zero-order valence-corrected chi connectivity index (χ0v) is 5.90. The highest BCUT2D eigenvalue weighted by Gasteiger charge is 2.28. The third kappa shape index (κ3) is 0.983. The zero-order valence-electron chi connectivity index (χ0n) is 5.90. The standard InChI is InChI=1S/C8H15N/c1-2-7-4-5-9-6-8(7)3-1/h7-9H,1-6H2/t7-,8-/m1/s1. The van der Waals surface area contributed by atoms with Crippen LogP contribution in [0.5, 0.6) is 0 Å². The fourth-order valence-electron chi connectivity index (χ4n) is 2.34. The van der Waals surface area contributed by atoms with Crippen LogP contribution in [0.3, 0.4) is 0 Å². The first kappa shape index (κ1) is 5.72. The van der Waals surface area contributed by atoms with E-state index >= 15 is 0 Å². The van der Waals surface area contributed by atoms with Crippen molar-refractivity contribution in [2.24, 2.45) is 11.8 Å². The third-order valence-corrected chi connectivity index (χ3v) is 2.91. The highest BCUT2D eigenvalue weighted by atomic mass is 14.9. The maximum Gasteiger partial charge on any atom is -0.00179 e. The Morgan fingerprint density at radius 3 is 2.78 bits per heavy atom. The van der Waals surface area contributed by atoms with E-state index in [4.69, 9.17) is 0 Å². The highest BCUT2D eigenvalue weighted by molar-refractivity contribution is 4.82. The Kier molecular flexibility index (Phi) is 1.46. The highest BCUT2D eigenvalue weighted by Crippen LogP contribution is 2.34. The van der Waals surface area contributed by atoms with E-state index < -0.39 is 0 Å². The summed E-state index contributed by atoms with van der Waals surface area (Å²) in [5.41, 5.74) is 0. The van der Waals surface area contributed by atoms with Crippen LogP contribution < -0.4 is 5.32 Å². The second-order valence-electron chi connectivity index (χ2n) is 3.44. The van der Waals surface area contributed by atoms with Gasteiger partial charge in [-0.15, -0.1) is 0 Å². The van der Waals surface area contributed by atoms with Crippen LogP contribution in [0.15, 0.2) is 0 Å². The molecule has 1 aliphatic carbocycles. The fraction of sp³-hybridized carbons (Fsp3) is 1.00. The molecule has 0 spiro atoms. The fourth-order valence-corrected chi connectivity index (χ4v) is 2.34. The molecule has 2 aliphatic rings. The van der Waals surface area contributed by atoms with Gasteiger partial charge in [0, 0.05) is 0 Å². The maximum absolute atomic E-state index is 3.46. The van der Waals surface area contributed by atoms with E-state index in [9.17, 15) is 0 Å². The molecule has 0 radical (unpaired) electrons. The van der Waals surface area contributed by atoms with E-state index in [-0.39, 0.29) is 0 Å². The van der Waals surface area contributed by atoms with Gasteiger partial charge in [-0.1, -0.05) is 12.8 Å². The van der Waals surface area contributed by atoms with E-state index in [0.29, 0.717) is 0 Å². The van der Waals surface area contributed by atoms with Gasteiger partial charge in [-0.05, 0) is 37.8 Å². The van der Waals surface area contributed by atoms with Gasteiger partial charge in [-0.25, -0.2) is 0 Å². The molecule has 2 atom stereocenters. The van der Waals surface area contributed by atoms with Crippen molar-refractivity contribution in [3.8, 4) is 0 Å². The average molecular weight is 125 g/mol. The molecule has 0 aromatic carbocycles. The molecular weight excluding hydrogens is 110 g/mol. The van der Waals surface area contributed by atoms with Crippen molar-refractivity contribution in [1.82, 2.24) is 5.32 Å². The first-order valence-corrected chi connectivity index (χ1v) is 4.17. The minimum Gasteiger partial charge on any atom is -0.316 e. The van der Waals surface area contributed by atoms with E-state index in [1.165, 1.54) is 38.8 Å². The van der Waals surface area contributed by atoms with E-state index in [1.807, 2.05) is 0 Å². The largest absolute Gasteiger partial charge is 0.316 e. The normalized spacial score (nSPS) is 42.7. The molecule has 1 heterocycles. The van der Waals surface area contributed by atoms with Crippen molar-refractivity contribution in [1.29, 1.82) is 0 Å². The molecule has 1 N–H and O–H groups in total.